The fourth-order valence-corrected chi connectivity index (χ4v) is 3.62. The van der Waals surface area contributed by atoms with Gasteiger partial charge in [0.15, 0.2) is 12.3 Å². The fraction of sp³-hybridized carbons (Fsp3) is 0.211. The molecule has 6 nitrogen and oxygen atoms in total. The Bertz CT molecular complexity index is 1060. The smallest absolute Gasteiger partial charge is 0.422 e. The highest BCUT2D eigenvalue weighted by Crippen LogP contribution is 2.45. The molecule has 0 spiro atoms. The maximum Gasteiger partial charge on any atom is 0.422 e. The van der Waals surface area contributed by atoms with Gasteiger partial charge in [0, 0.05) is 23.8 Å². The lowest BCUT2D eigenvalue weighted by molar-refractivity contribution is -0.156. The first-order valence-electron chi connectivity index (χ1n) is 8.59. The molecule has 158 valence electrons. The Hall–Kier alpha value is -2.62. The molecule has 1 aromatic carbocycles. The van der Waals surface area contributed by atoms with Crippen LogP contribution in [0.25, 0.3) is 0 Å². The lowest BCUT2D eigenvalue weighted by Crippen LogP contribution is -2.35. The molecule has 2 heterocycles. The van der Waals surface area contributed by atoms with Crippen LogP contribution in [0, 0.1) is 6.92 Å². The second-order valence-corrected chi connectivity index (χ2v) is 7.19. The summed E-state index contributed by atoms with van der Waals surface area (Å²) in [7, 11) is 1.45. The van der Waals surface area contributed by atoms with E-state index >= 15 is 0 Å². The van der Waals surface area contributed by atoms with E-state index in [2.05, 4.69) is 15.4 Å². The Balaban J connectivity index is 2.27. The number of hydrogen-bond donors (Lipinski definition) is 1. The van der Waals surface area contributed by atoms with E-state index in [1.165, 1.54) is 31.6 Å². The number of rotatable bonds is 4. The number of carbonyl (C=O) groups is 1. The number of alkyl halides is 3. The number of carbonyl (C=O) groups excluding carboxylic acids is 1. The SMILES string of the molecule is CNC(=O)c1cc(Cl)cc(C)c1[N+]1(c2ncccc2Cl)C=CC(OCC(F)(F)F)=N1. The zero-order chi connectivity index (χ0) is 22.1. The summed E-state index contributed by atoms with van der Waals surface area (Å²) >= 11 is 12.5. The van der Waals surface area contributed by atoms with Crippen molar-refractivity contribution in [1.29, 1.82) is 0 Å². The van der Waals surface area contributed by atoms with Crippen molar-refractivity contribution in [2.24, 2.45) is 5.10 Å². The van der Waals surface area contributed by atoms with E-state index in [0.29, 0.717) is 16.3 Å². The number of pyridine rings is 1. The molecule has 11 heteroatoms. The molecule has 2 aromatic rings. The lowest BCUT2D eigenvalue weighted by Gasteiger charge is -2.27. The highest BCUT2D eigenvalue weighted by Gasteiger charge is 2.45. The van der Waals surface area contributed by atoms with Crippen LogP contribution in [0.2, 0.25) is 10.0 Å². The normalized spacial score (nSPS) is 18.3. The van der Waals surface area contributed by atoms with Gasteiger partial charge in [-0.15, -0.1) is 0 Å². The first-order chi connectivity index (χ1) is 14.1. The van der Waals surface area contributed by atoms with E-state index in [0.717, 1.165) is 0 Å². The number of aryl methyl sites for hydroxylation is 1. The highest BCUT2D eigenvalue weighted by molar-refractivity contribution is 6.33. The summed E-state index contributed by atoms with van der Waals surface area (Å²) < 4.78 is 42.1. The number of quaternary nitrogens is 1. The maximum absolute atomic E-state index is 12.6. The van der Waals surface area contributed by atoms with Crippen LogP contribution >= 0.6 is 23.2 Å². The Labute approximate surface area is 180 Å². The van der Waals surface area contributed by atoms with Crippen LogP contribution in [0.3, 0.4) is 0 Å². The predicted octanol–water partition coefficient (Wildman–Crippen LogP) is 5.12. The maximum atomic E-state index is 12.6. The molecular formula is C19H16Cl2F3N4O2+. The average Bonchev–Trinajstić information content (AvgIpc) is 3.09. The Morgan fingerprint density at radius 1 is 1.30 bits per heavy atom. The van der Waals surface area contributed by atoms with E-state index < -0.39 is 23.3 Å². The van der Waals surface area contributed by atoms with E-state index in [1.807, 2.05) is 0 Å². The van der Waals surface area contributed by atoms with Crippen LogP contribution in [-0.2, 0) is 4.74 Å². The lowest BCUT2D eigenvalue weighted by atomic mass is 10.0. The number of nitrogens with zero attached hydrogens (tertiary/aromatic N) is 3. The fourth-order valence-electron chi connectivity index (χ4n) is 3.10. The number of benzene rings is 1. The van der Waals surface area contributed by atoms with E-state index in [1.54, 1.807) is 25.1 Å². The molecule has 3 rings (SSSR count). The number of amides is 1. The van der Waals surface area contributed by atoms with Gasteiger partial charge in [0.1, 0.15) is 16.8 Å². The molecule has 0 aliphatic carbocycles. The van der Waals surface area contributed by atoms with Crippen LogP contribution in [-0.4, -0.2) is 36.6 Å². The van der Waals surface area contributed by atoms with Crippen molar-refractivity contribution in [2.75, 3.05) is 13.7 Å². The molecule has 1 unspecified atom stereocenters. The van der Waals surface area contributed by atoms with Crippen molar-refractivity contribution in [3.05, 3.63) is 63.9 Å². The summed E-state index contributed by atoms with van der Waals surface area (Å²) in [5, 5.41) is 7.37. The van der Waals surface area contributed by atoms with Crippen molar-refractivity contribution in [2.45, 2.75) is 13.1 Å². The zero-order valence-electron chi connectivity index (χ0n) is 15.8. The number of aromatic nitrogens is 1. The van der Waals surface area contributed by atoms with Gasteiger partial charge in [-0.05, 0) is 36.3 Å². The molecule has 1 amide bonds. The quantitative estimate of drug-likeness (QED) is 0.645. The monoisotopic (exact) mass is 459 g/mol. The number of nitrogens with one attached hydrogen (secondary N) is 1. The molecule has 1 aliphatic heterocycles. The first-order valence-corrected chi connectivity index (χ1v) is 9.34. The molecule has 1 N–H and O–H groups in total. The molecule has 0 bridgehead atoms. The number of halogens is 5. The van der Waals surface area contributed by atoms with Crippen molar-refractivity contribution in [3.8, 4) is 0 Å². The van der Waals surface area contributed by atoms with Gasteiger partial charge in [-0.25, -0.2) is 4.98 Å². The van der Waals surface area contributed by atoms with Crippen molar-refractivity contribution in [3.63, 3.8) is 0 Å². The van der Waals surface area contributed by atoms with Crippen LogP contribution in [0.4, 0.5) is 24.7 Å². The van der Waals surface area contributed by atoms with Gasteiger partial charge in [-0.2, -0.15) is 13.2 Å². The molecule has 1 atom stereocenters. The third-order valence-electron chi connectivity index (χ3n) is 4.21. The minimum absolute atomic E-state index is 0.162. The standard InChI is InChI=1S/C19H15Cl2F3N4O2/c1-11-8-12(20)9-13(18(29)25-2)16(11)28(17-14(21)4-3-6-26-17)7-5-15(27-28)30-10-19(22,23)24/h3-9H,10H2,1-2H3/p+1. The molecular weight excluding hydrogens is 444 g/mol. The Morgan fingerprint density at radius 2 is 2.03 bits per heavy atom. The summed E-state index contributed by atoms with van der Waals surface area (Å²) in [4.78, 5) is 16.9. The van der Waals surface area contributed by atoms with E-state index in [4.69, 9.17) is 27.9 Å². The Morgan fingerprint density at radius 3 is 2.67 bits per heavy atom. The molecule has 0 fully saturated rings. The van der Waals surface area contributed by atoms with Crippen LogP contribution in [0.1, 0.15) is 15.9 Å². The van der Waals surface area contributed by atoms with Crippen molar-refractivity contribution in [1.82, 2.24) is 14.9 Å². The zero-order valence-corrected chi connectivity index (χ0v) is 17.3. The van der Waals surface area contributed by atoms with Crippen molar-refractivity contribution < 1.29 is 22.7 Å². The third kappa shape index (κ3) is 4.28. The van der Waals surface area contributed by atoms with Crippen LogP contribution < -0.4 is 9.91 Å². The molecule has 1 aliphatic rings. The number of hydrogen-bond acceptors (Lipinski definition) is 4. The van der Waals surface area contributed by atoms with Gasteiger partial charge in [-0.1, -0.05) is 27.8 Å². The molecule has 0 saturated carbocycles. The van der Waals surface area contributed by atoms with Gasteiger partial charge in [0.2, 0.25) is 0 Å². The summed E-state index contributed by atoms with van der Waals surface area (Å²) in [6.45, 7) is 0.177. The average molecular weight is 460 g/mol. The molecule has 0 saturated heterocycles. The van der Waals surface area contributed by atoms with E-state index in [-0.39, 0.29) is 22.3 Å². The number of ether oxygens (including phenoxy) is 1. The minimum Gasteiger partial charge on any atom is -0.464 e. The summed E-state index contributed by atoms with van der Waals surface area (Å²) in [5.74, 6) is -0.573. The van der Waals surface area contributed by atoms with Gasteiger partial charge in [0.25, 0.3) is 17.6 Å². The second-order valence-electron chi connectivity index (χ2n) is 6.35. The molecule has 0 radical (unpaired) electrons. The second kappa shape index (κ2) is 8.25. The third-order valence-corrected chi connectivity index (χ3v) is 4.73. The molecule has 30 heavy (non-hydrogen) atoms. The Kier molecular flexibility index (Phi) is 6.07. The van der Waals surface area contributed by atoms with Crippen LogP contribution in [0.5, 0.6) is 0 Å². The largest absolute Gasteiger partial charge is 0.464 e. The molecule has 1 aromatic heterocycles. The van der Waals surface area contributed by atoms with Gasteiger partial charge in [0.05, 0.1) is 6.08 Å². The summed E-state index contributed by atoms with van der Waals surface area (Å²) in [6.07, 6.45) is -0.355. The van der Waals surface area contributed by atoms with E-state index in [9.17, 15) is 18.0 Å². The van der Waals surface area contributed by atoms with Gasteiger partial charge < -0.3 is 10.1 Å². The predicted molar refractivity (Wildman–Crippen MR) is 109 cm³/mol. The minimum atomic E-state index is -4.54. The van der Waals surface area contributed by atoms with Gasteiger partial charge >= 0.3 is 6.18 Å². The topological polar surface area (TPSA) is 63.6 Å². The van der Waals surface area contributed by atoms with Crippen molar-refractivity contribution >= 4 is 46.5 Å². The first kappa shape index (κ1) is 22.1. The van der Waals surface area contributed by atoms with Crippen LogP contribution in [0.15, 0.2) is 47.8 Å². The van der Waals surface area contributed by atoms with Gasteiger partial charge in [-0.3, -0.25) is 4.79 Å². The highest BCUT2D eigenvalue weighted by atomic mass is 35.5. The summed E-state index contributed by atoms with van der Waals surface area (Å²) in [5.41, 5.74) is 1.03. The summed E-state index contributed by atoms with van der Waals surface area (Å²) in [6, 6.07) is 6.21.